The smallest absolute Gasteiger partial charge is 0.181 e. The van der Waals surface area contributed by atoms with Crippen LogP contribution in [0.25, 0.3) is 11.2 Å². The number of hydrogen-bond acceptors (Lipinski definition) is 7. The van der Waals surface area contributed by atoms with E-state index in [1.165, 1.54) is 18.1 Å². The molecule has 0 radical (unpaired) electrons. The third kappa shape index (κ3) is 1.97. The second kappa shape index (κ2) is 4.22. The maximum absolute atomic E-state index is 5.69. The van der Waals surface area contributed by atoms with Gasteiger partial charge in [-0.1, -0.05) is 0 Å². The molecule has 3 aromatic heterocycles. The van der Waals surface area contributed by atoms with E-state index in [0.29, 0.717) is 17.3 Å². The van der Waals surface area contributed by atoms with Crippen LogP contribution < -0.4 is 5.73 Å². The van der Waals surface area contributed by atoms with Crippen LogP contribution in [0, 0.1) is 6.92 Å². The van der Waals surface area contributed by atoms with Crippen molar-refractivity contribution in [2.45, 2.75) is 17.0 Å². The minimum atomic E-state index is 0.444. The fourth-order valence-corrected chi connectivity index (χ4v) is 2.44. The molecule has 0 aromatic carbocycles. The lowest BCUT2D eigenvalue weighted by Crippen LogP contribution is -1.96. The normalized spacial score (nSPS) is 10.9. The molecule has 3 N–H and O–H groups in total. The first-order valence-corrected chi connectivity index (χ1v) is 5.97. The summed E-state index contributed by atoms with van der Waals surface area (Å²) in [4.78, 5) is 23.7. The van der Waals surface area contributed by atoms with Crippen molar-refractivity contribution in [3.63, 3.8) is 0 Å². The molecular formula is C10H9N7S. The SMILES string of the molecule is Cc1nc(N)cc(Sc2ncnc3nc[nH]c23)n1. The Morgan fingerprint density at radius 1 is 1.22 bits per heavy atom. The summed E-state index contributed by atoms with van der Waals surface area (Å²) in [5, 5.41) is 1.50. The highest BCUT2D eigenvalue weighted by atomic mass is 32.2. The van der Waals surface area contributed by atoms with E-state index >= 15 is 0 Å². The molecule has 0 unspecified atom stereocenters. The summed E-state index contributed by atoms with van der Waals surface area (Å²) in [5.74, 6) is 1.08. The zero-order valence-electron chi connectivity index (χ0n) is 9.45. The first kappa shape index (κ1) is 10.9. The Labute approximate surface area is 106 Å². The van der Waals surface area contributed by atoms with E-state index in [1.54, 1.807) is 19.3 Å². The fraction of sp³-hybridized carbons (Fsp3) is 0.100. The number of nitrogens with two attached hydrogens (primary N) is 1. The number of nitrogens with zero attached hydrogens (tertiary/aromatic N) is 5. The first-order valence-electron chi connectivity index (χ1n) is 5.15. The van der Waals surface area contributed by atoms with Gasteiger partial charge in [-0.05, 0) is 18.7 Å². The van der Waals surface area contributed by atoms with Crippen molar-refractivity contribution in [1.82, 2.24) is 29.9 Å². The average molecular weight is 259 g/mol. The molecule has 0 saturated heterocycles. The van der Waals surface area contributed by atoms with E-state index in [1.807, 2.05) is 0 Å². The Hall–Kier alpha value is -2.22. The van der Waals surface area contributed by atoms with E-state index in [9.17, 15) is 0 Å². The van der Waals surface area contributed by atoms with E-state index in [-0.39, 0.29) is 0 Å². The number of rotatable bonds is 2. The van der Waals surface area contributed by atoms with Crippen LogP contribution in [0.5, 0.6) is 0 Å². The Morgan fingerprint density at radius 2 is 2.11 bits per heavy atom. The highest BCUT2D eigenvalue weighted by molar-refractivity contribution is 7.99. The molecule has 7 nitrogen and oxygen atoms in total. The van der Waals surface area contributed by atoms with Crippen LogP contribution >= 0.6 is 11.8 Å². The molecule has 3 heterocycles. The maximum atomic E-state index is 5.69. The Kier molecular flexibility index (Phi) is 2.56. The minimum absolute atomic E-state index is 0.444. The number of hydrogen-bond donors (Lipinski definition) is 2. The van der Waals surface area contributed by atoms with Crippen molar-refractivity contribution in [2.75, 3.05) is 5.73 Å². The van der Waals surface area contributed by atoms with Crippen molar-refractivity contribution < 1.29 is 0 Å². The van der Waals surface area contributed by atoms with Crippen molar-refractivity contribution in [1.29, 1.82) is 0 Å². The van der Waals surface area contributed by atoms with E-state index in [4.69, 9.17) is 5.73 Å². The number of imidazole rings is 1. The molecule has 0 atom stereocenters. The van der Waals surface area contributed by atoms with Gasteiger partial charge >= 0.3 is 0 Å². The summed E-state index contributed by atoms with van der Waals surface area (Å²) < 4.78 is 0. The predicted molar refractivity (Wildman–Crippen MR) is 67.0 cm³/mol. The van der Waals surface area contributed by atoms with Crippen LogP contribution in [0.3, 0.4) is 0 Å². The minimum Gasteiger partial charge on any atom is -0.384 e. The molecule has 18 heavy (non-hydrogen) atoms. The molecule has 0 aliphatic rings. The van der Waals surface area contributed by atoms with Gasteiger partial charge in [0.15, 0.2) is 5.65 Å². The van der Waals surface area contributed by atoms with Gasteiger partial charge in [-0.25, -0.2) is 24.9 Å². The lowest BCUT2D eigenvalue weighted by molar-refractivity contribution is 0.971. The van der Waals surface area contributed by atoms with Crippen molar-refractivity contribution in [3.05, 3.63) is 24.5 Å². The van der Waals surface area contributed by atoms with Gasteiger partial charge in [0.05, 0.1) is 6.33 Å². The summed E-state index contributed by atoms with van der Waals surface area (Å²) in [6.07, 6.45) is 3.06. The number of aromatic nitrogens is 6. The maximum Gasteiger partial charge on any atom is 0.181 e. The van der Waals surface area contributed by atoms with Crippen LogP contribution in [0.15, 0.2) is 28.8 Å². The summed E-state index contributed by atoms with van der Waals surface area (Å²) in [6.45, 7) is 1.80. The van der Waals surface area contributed by atoms with Crippen LogP contribution in [-0.2, 0) is 0 Å². The molecule has 0 aliphatic heterocycles. The second-order valence-electron chi connectivity index (χ2n) is 3.56. The predicted octanol–water partition coefficient (Wildman–Crippen LogP) is 1.18. The van der Waals surface area contributed by atoms with Gasteiger partial charge in [-0.15, -0.1) is 0 Å². The second-order valence-corrected chi connectivity index (χ2v) is 4.57. The summed E-state index contributed by atoms with van der Waals surface area (Å²) in [5.41, 5.74) is 7.11. The molecule has 0 saturated carbocycles. The monoisotopic (exact) mass is 259 g/mol. The molecule has 3 aromatic rings. The number of fused-ring (bicyclic) bond motifs is 1. The van der Waals surface area contributed by atoms with Crippen LogP contribution in [0.4, 0.5) is 5.82 Å². The molecule has 0 bridgehead atoms. The number of H-pyrrole nitrogens is 1. The standard InChI is InChI=1S/C10H9N7S/c1-5-16-6(11)2-7(17-5)18-10-8-9(13-3-12-8)14-4-15-10/h2-4H,1H3,(H2,11,16,17)(H,12,13,14,15). The van der Waals surface area contributed by atoms with Crippen molar-refractivity contribution >= 4 is 28.7 Å². The third-order valence-electron chi connectivity index (χ3n) is 2.22. The average Bonchev–Trinajstić information content (AvgIpc) is 2.76. The van der Waals surface area contributed by atoms with E-state index in [2.05, 4.69) is 29.9 Å². The van der Waals surface area contributed by atoms with Crippen molar-refractivity contribution in [3.8, 4) is 0 Å². The lowest BCUT2D eigenvalue weighted by atomic mass is 10.5. The molecule has 0 spiro atoms. The molecule has 0 amide bonds. The van der Waals surface area contributed by atoms with Gasteiger partial charge in [-0.2, -0.15) is 0 Å². The highest BCUT2D eigenvalue weighted by Gasteiger charge is 2.09. The quantitative estimate of drug-likeness (QED) is 0.665. The molecule has 3 rings (SSSR count). The summed E-state index contributed by atoms with van der Waals surface area (Å²) in [6, 6.07) is 1.71. The van der Waals surface area contributed by atoms with Crippen LogP contribution in [0.1, 0.15) is 5.82 Å². The molecular weight excluding hydrogens is 250 g/mol. The Bertz CT molecular complexity index is 688. The molecule has 90 valence electrons. The zero-order chi connectivity index (χ0) is 12.5. The third-order valence-corrected chi connectivity index (χ3v) is 3.14. The van der Waals surface area contributed by atoms with Crippen molar-refractivity contribution in [2.24, 2.45) is 0 Å². The van der Waals surface area contributed by atoms with E-state index in [0.717, 1.165) is 15.6 Å². The highest BCUT2D eigenvalue weighted by Crippen LogP contribution is 2.28. The molecule has 8 heteroatoms. The number of nitrogen functional groups attached to an aromatic ring is 1. The van der Waals surface area contributed by atoms with Crippen LogP contribution in [0.2, 0.25) is 0 Å². The largest absolute Gasteiger partial charge is 0.384 e. The number of aryl methyl sites for hydroxylation is 1. The molecule has 0 aliphatic carbocycles. The summed E-state index contributed by atoms with van der Waals surface area (Å²) >= 11 is 1.40. The summed E-state index contributed by atoms with van der Waals surface area (Å²) in [7, 11) is 0. The fourth-order valence-electron chi connectivity index (χ4n) is 1.53. The van der Waals surface area contributed by atoms with Gasteiger partial charge in [-0.3, -0.25) is 0 Å². The number of anilines is 1. The van der Waals surface area contributed by atoms with Gasteiger partial charge in [0.2, 0.25) is 0 Å². The van der Waals surface area contributed by atoms with Gasteiger partial charge in [0.25, 0.3) is 0 Å². The number of aromatic amines is 1. The zero-order valence-corrected chi connectivity index (χ0v) is 10.3. The van der Waals surface area contributed by atoms with Gasteiger partial charge < -0.3 is 10.7 Å². The topological polar surface area (TPSA) is 106 Å². The first-order chi connectivity index (χ1) is 8.72. The molecule has 0 fully saturated rings. The Balaban J connectivity index is 2.03. The Morgan fingerprint density at radius 3 is 2.94 bits per heavy atom. The lowest BCUT2D eigenvalue weighted by Gasteiger charge is -2.02. The van der Waals surface area contributed by atoms with E-state index < -0.39 is 0 Å². The number of nitrogens with one attached hydrogen (secondary N) is 1. The van der Waals surface area contributed by atoms with Gasteiger partial charge in [0.1, 0.15) is 33.5 Å². The van der Waals surface area contributed by atoms with Crippen LogP contribution in [-0.4, -0.2) is 29.9 Å². The van der Waals surface area contributed by atoms with Gasteiger partial charge in [0, 0.05) is 6.07 Å².